The molecule has 0 unspecified atom stereocenters. The molecule has 0 aliphatic heterocycles. The Morgan fingerprint density at radius 2 is 0.393 bits per heavy atom. The van der Waals surface area contributed by atoms with Crippen molar-refractivity contribution < 1.29 is 18.1 Å². The van der Waals surface area contributed by atoms with Gasteiger partial charge in [0.2, 0.25) is 0 Å². The lowest BCUT2D eigenvalue weighted by Crippen LogP contribution is -2.22. The topological polar surface area (TPSA) is 44.8 Å². The monoisotopic (exact) mass is 813 g/mol. The van der Waals surface area contributed by atoms with Crippen molar-refractivity contribution in [2.24, 2.45) is 35.5 Å². The summed E-state index contributed by atoms with van der Waals surface area (Å²) in [5, 5.41) is 0. The third kappa shape index (κ3) is 38.3. The summed E-state index contributed by atoms with van der Waals surface area (Å²) in [7, 11) is -3.82. The number of phosphoric ester groups is 1. The number of phosphoric acid groups is 1. The molecule has 0 amide bonds. The molecule has 0 saturated carbocycles. The molecule has 0 radical (unpaired) electrons. The highest BCUT2D eigenvalue weighted by atomic mass is 31.2. The van der Waals surface area contributed by atoms with Gasteiger partial charge in [0.05, 0.1) is 18.3 Å². The molecule has 4 nitrogen and oxygen atoms in total. The van der Waals surface area contributed by atoms with Gasteiger partial charge in [0.25, 0.3) is 0 Å². The van der Waals surface area contributed by atoms with Crippen molar-refractivity contribution in [3.8, 4) is 0 Å². The molecule has 0 aliphatic carbocycles. The zero-order valence-corrected chi connectivity index (χ0v) is 41.4. The molecular weight excluding hydrogens is 708 g/mol. The van der Waals surface area contributed by atoms with Crippen LogP contribution in [-0.4, -0.2) is 18.3 Å². The summed E-state index contributed by atoms with van der Waals surface area (Å²) >= 11 is 0. The SMILES string of the molecule is CC(C)CCCCCC(CCCCCC(C)C)OP(=O)(OC(CCCCCC(C)C)CCCCCC(C)C)OC(CCCCCC(C)C)CCCCCC(C)C. The summed E-state index contributed by atoms with van der Waals surface area (Å²) in [5.74, 6) is 4.45. The van der Waals surface area contributed by atoms with Gasteiger partial charge in [0, 0.05) is 0 Å². The second kappa shape index (κ2) is 36.9. The number of hydrogen-bond donors (Lipinski definition) is 0. The van der Waals surface area contributed by atoms with Crippen molar-refractivity contribution in [3.05, 3.63) is 0 Å². The van der Waals surface area contributed by atoms with Crippen LogP contribution in [0.15, 0.2) is 0 Å². The van der Waals surface area contributed by atoms with Crippen molar-refractivity contribution in [1.29, 1.82) is 0 Å². The molecule has 0 atom stereocenters. The van der Waals surface area contributed by atoms with E-state index >= 15 is 4.57 Å². The minimum Gasteiger partial charge on any atom is -0.284 e. The zero-order valence-electron chi connectivity index (χ0n) is 40.5. The highest BCUT2D eigenvalue weighted by molar-refractivity contribution is 7.48. The summed E-state index contributed by atoms with van der Waals surface area (Å²) in [6.45, 7) is 27.9. The lowest BCUT2D eigenvalue weighted by molar-refractivity contribution is 0.0155. The Labute approximate surface area is 354 Å². The Kier molecular flexibility index (Phi) is 37.0. The molecule has 0 aromatic heterocycles. The van der Waals surface area contributed by atoms with Crippen molar-refractivity contribution in [3.63, 3.8) is 0 Å². The third-order valence-electron chi connectivity index (χ3n) is 11.7. The molecule has 0 N–H and O–H groups in total. The van der Waals surface area contributed by atoms with E-state index in [0.29, 0.717) is 0 Å². The number of rotatable bonds is 42. The van der Waals surface area contributed by atoms with Crippen LogP contribution in [-0.2, 0) is 18.1 Å². The van der Waals surface area contributed by atoms with E-state index in [1.54, 1.807) is 0 Å². The van der Waals surface area contributed by atoms with E-state index in [9.17, 15) is 0 Å². The predicted octanol–water partition coefficient (Wildman–Crippen LogP) is 18.9. The van der Waals surface area contributed by atoms with Gasteiger partial charge in [-0.3, -0.25) is 13.6 Å². The average Bonchev–Trinajstić information content (AvgIpc) is 3.09. The zero-order chi connectivity index (χ0) is 42.0. The summed E-state index contributed by atoms with van der Waals surface area (Å²) in [6.07, 6.45) is 34.6. The molecule has 0 saturated heterocycles. The predicted molar refractivity (Wildman–Crippen MR) is 250 cm³/mol. The first-order valence-corrected chi connectivity index (χ1v) is 26.7. The molecule has 338 valence electrons. The van der Waals surface area contributed by atoms with Crippen LogP contribution in [0.4, 0.5) is 0 Å². The number of hydrogen-bond acceptors (Lipinski definition) is 4. The maximum absolute atomic E-state index is 15.4. The van der Waals surface area contributed by atoms with Gasteiger partial charge in [-0.1, -0.05) is 237 Å². The fourth-order valence-electron chi connectivity index (χ4n) is 7.98. The first kappa shape index (κ1) is 56.1. The van der Waals surface area contributed by atoms with Crippen LogP contribution in [0.3, 0.4) is 0 Å². The molecule has 0 fully saturated rings. The highest BCUT2D eigenvalue weighted by Crippen LogP contribution is 2.55. The smallest absolute Gasteiger partial charge is 0.284 e. The van der Waals surface area contributed by atoms with Crippen LogP contribution in [0.5, 0.6) is 0 Å². The van der Waals surface area contributed by atoms with Gasteiger partial charge in [-0.05, 0) is 74.0 Å². The standard InChI is InChI=1S/C51H105O4P/c1-43(2)31-19-13-25-37-49(38-26-14-20-32-44(3)4)53-56(52,54-50(39-27-15-21-33-45(5)6)40-28-16-22-34-46(7)8)55-51(41-29-17-23-35-47(9)10)42-30-18-24-36-48(11)12/h43-51H,13-42H2,1-12H3. The summed E-state index contributed by atoms with van der Waals surface area (Å²) in [5.41, 5.74) is 0. The number of unbranched alkanes of at least 4 members (excludes halogenated alkanes) is 12. The van der Waals surface area contributed by atoms with Crippen molar-refractivity contribution in [2.45, 2.75) is 294 Å². The van der Waals surface area contributed by atoms with Gasteiger partial charge in [0.15, 0.2) is 0 Å². The van der Waals surface area contributed by atoms with Gasteiger partial charge in [-0.25, -0.2) is 4.57 Å². The van der Waals surface area contributed by atoms with Crippen LogP contribution in [0, 0.1) is 35.5 Å². The van der Waals surface area contributed by atoms with E-state index in [-0.39, 0.29) is 18.3 Å². The van der Waals surface area contributed by atoms with Crippen LogP contribution in [0.25, 0.3) is 0 Å². The largest absolute Gasteiger partial charge is 0.475 e. The quantitative estimate of drug-likeness (QED) is 0.0455. The molecule has 0 bridgehead atoms. The van der Waals surface area contributed by atoms with E-state index in [4.69, 9.17) is 13.6 Å². The summed E-state index contributed by atoms with van der Waals surface area (Å²) in [4.78, 5) is 0. The van der Waals surface area contributed by atoms with Gasteiger partial charge in [0.1, 0.15) is 0 Å². The molecule has 0 aromatic rings. The van der Waals surface area contributed by atoms with Crippen LogP contribution in [0.1, 0.15) is 276 Å². The Balaban J connectivity index is 6.34. The molecule has 0 aliphatic rings. The first-order valence-electron chi connectivity index (χ1n) is 25.3. The first-order chi connectivity index (χ1) is 26.6. The fraction of sp³-hybridized carbons (Fsp3) is 1.00. The Bertz CT molecular complexity index is 705. The summed E-state index contributed by atoms with van der Waals surface area (Å²) in [6, 6.07) is 0. The second-order valence-corrected chi connectivity index (χ2v) is 22.3. The Hall–Kier alpha value is 0.110. The Morgan fingerprint density at radius 3 is 0.536 bits per heavy atom. The molecule has 5 heteroatoms. The van der Waals surface area contributed by atoms with Gasteiger partial charge in [-0.2, -0.15) is 0 Å². The average molecular weight is 813 g/mol. The minimum absolute atomic E-state index is 0.0746. The van der Waals surface area contributed by atoms with Gasteiger partial charge < -0.3 is 0 Å². The van der Waals surface area contributed by atoms with Crippen LogP contribution < -0.4 is 0 Å². The second-order valence-electron chi connectivity index (χ2n) is 20.8. The lowest BCUT2D eigenvalue weighted by Gasteiger charge is -2.31. The van der Waals surface area contributed by atoms with E-state index < -0.39 is 7.82 Å². The fourth-order valence-corrected chi connectivity index (χ4v) is 9.86. The van der Waals surface area contributed by atoms with E-state index in [2.05, 4.69) is 83.1 Å². The van der Waals surface area contributed by atoms with Crippen molar-refractivity contribution >= 4 is 7.82 Å². The molecule has 0 heterocycles. The highest BCUT2D eigenvalue weighted by Gasteiger charge is 2.36. The third-order valence-corrected chi connectivity index (χ3v) is 13.3. The van der Waals surface area contributed by atoms with Gasteiger partial charge in [-0.15, -0.1) is 0 Å². The van der Waals surface area contributed by atoms with Crippen LogP contribution >= 0.6 is 7.82 Å². The Morgan fingerprint density at radius 1 is 0.250 bits per heavy atom. The van der Waals surface area contributed by atoms with E-state index in [1.165, 1.54) is 116 Å². The van der Waals surface area contributed by atoms with Crippen molar-refractivity contribution in [1.82, 2.24) is 0 Å². The van der Waals surface area contributed by atoms with E-state index in [1.807, 2.05) is 0 Å². The molecule has 56 heavy (non-hydrogen) atoms. The maximum atomic E-state index is 15.4. The molecule has 0 spiro atoms. The van der Waals surface area contributed by atoms with E-state index in [0.717, 1.165) is 113 Å². The molecular formula is C51H105O4P. The maximum Gasteiger partial charge on any atom is 0.475 e. The molecule has 0 aromatic carbocycles. The lowest BCUT2D eigenvalue weighted by atomic mass is 10.00. The molecule has 0 rings (SSSR count). The normalized spacial score (nSPS) is 12.9. The van der Waals surface area contributed by atoms with Crippen molar-refractivity contribution in [2.75, 3.05) is 0 Å². The summed E-state index contributed by atoms with van der Waals surface area (Å²) < 4.78 is 36.2. The minimum atomic E-state index is -3.82. The van der Waals surface area contributed by atoms with Crippen LogP contribution in [0.2, 0.25) is 0 Å². The van der Waals surface area contributed by atoms with Gasteiger partial charge >= 0.3 is 7.82 Å².